The number of hydrogen-bond acceptors (Lipinski definition) is 2. The Morgan fingerprint density at radius 3 is 1.64 bits per heavy atom. The van der Waals surface area contributed by atoms with Crippen molar-refractivity contribution in [1.29, 1.82) is 0 Å². The van der Waals surface area contributed by atoms with Gasteiger partial charge in [0.05, 0.1) is 0 Å². The molecule has 10 aromatic carbocycles. The molecule has 12 aromatic rings. The molecule has 276 valence electrons. The molecule has 1 aliphatic rings. The standard InChI is InChI=1S/C57H36S2/c1-57(2)49-26-24-36(38-21-12-22-44-47-31-48-46-27-34-15-6-7-16-35(34)30-51(46)58-52(48)32-53(47)59-56(38)44)28-45(49)39-25-23-37(29-50(39)57)55-42-19-10-8-17-40(42)54(33-13-4-3-5-14-33)41-18-9-11-20-43(41)55/h3-32H,1-2H3. The lowest BCUT2D eigenvalue weighted by molar-refractivity contribution is 0.660. The fraction of sp³-hybridized carbons (Fsp3) is 0.0526. The van der Waals surface area contributed by atoms with E-state index < -0.39 is 0 Å². The Balaban J connectivity index is 0.957. The molecule has 2 aromatic heterocycles. The molecule has 0 saturated carbocycles. The van der Waals surface area contributed by atoms with Crippen LogP contribution in [0.4, 0.5) is 0 Å². The smallest absolute Gasteiger partial charge is 0.0433 e. The Labute approximate surface area is 350 Å². The lowest BCUT2D eigenvalue weighted by Crippen LogP contribution is -2.15. The summed E-state index contributed by atoms with van der Waals surface area (Å²) in [6, 6.07) is 68.6. The monoisotopic (exact) mass is 784 g/mol. The zero-order valence-corrected chi connectivity index (χ0v) is 34.3. The molecule has 0 N–H and O–H groups in total. The Morgan fingerprint density at radius 1 is 0.322 bits per heavy atom. The van der Waals surface area contributed by atoms with E-state index in [1.807, 2.05) is 22.7 Å². The molecule has 0 saturated heterocycles. The summed E-state index contributed by atoms with van der Waals surface area (Å²) >= 11 is 3.85. The summed E-state index contributed by atoms with van der Waals surface area (Å²) in [5.74, 6) is 0. The Morgan fingerprint density at radius 2 is 0.898 bits per heavy atom. The fourth-order valence-electron chi connectivity index (χ4n) is 10.4. The third kappa shape index (κ3) is 4.76. The number of hydrogen-bond donors (Lipinski definition) is 0. The summed E-state index contributed by atoms with van der Waals surface area (Å²) in [7, 11) is 0. The van der Waals surface area contributed by atoms with E-state index >= 15 is 0 Å². The Bertz CT molecular complexity index is 3690. The van der Waals surface area contributed by atoms with Gasteiger partial charge in [-0.2, -0.15) is 0 Å². The largest absolute Gasteiger partial charge is 0.135 e. The van der Waals surface area contributed by atoms with Gasteiger partial charge >= 0.3 is 0 Å². The summed E-state index contributed by atoms with van der Waals surface area (Å²) in [6.07, 6.45) is 0. The van der Waals surface area contributed by atoms with Crippen molar-refractivity contribution in [1.82, 2.24) is 0 Å². The maximum absolute atomic E-state index is 2.50. The second kappa shape index (κ2) is 12.2. The van der Waals surface area contributed by atoms with Gasteiger partial charge in [-0.1, -0.05) is 159 Å². The first-order chi connectivity index (χ1) is 29.0. The van der Waals surface area contributed by atoms with E-state index in [4.69, 9.17) is 0 Å². The third-order valence-electron chi connectivity index (χ3n) is 13.2. The van der Waals surface area contributed by atoms with Crippen LogP contribution in [0.2, 0.25) is 0 Å². The van der Waals surface area contributed by atoms with Crippen molar-refractivity contribution in [3.63, 3.8) is 0 Å². The van der Waals surface area contributed by atoms with Crippen molar-refractivity contribution in [2.75, 3.05) is 0 Å². The molecule has 13 rings (SSSR count). The molecular weight excluding hydrogens is 749 g/mol. The van der Waals surface area contributed by atoms with Crippen LogP contribution in [0.15, 0.2) is 182 Å². The first-order valence-electron chi connectivity index (χ1n) is 20.5. The molecule has 0 nitrogen and oxygen atoms in total. The normalized spacial score (nSPS) is 13.4. The molecular formula is C57H36S2. The van der Waals surface area contributed by atoms with Gasteiger partial charge in [-0.3, -0.25) is 0 Å². The van der Waals surface area contributed by atoms with E-state index in [0.29, 0.717) is 0 Å². The molecule has 0 radical (unpaired) electrons. The van der Waals surface area contributed by atoms with Crippen molar-refractivity contribution in [3.8, 4) is 44.5 Å². The van der Waals surface area contributed by atoms with E-state index in [-0.39, 0.29) is 5.41 Å². The van der Waals surface area contributed by atoms with Gasteiger partial charge in [0, 0.05) is 45.8 Å². The Hall–Kier alpha value is -6.58. The Kier molecular flexibility index (Phi) is 6.92. The second-order valence-corrected chi connectivity index (χ2v) is 18.9. The number of benzene rings is 10. The highest BCUT2D eigenvalue weighted by Crippen LogP contribution is 2.53. The van der Waals surface area contributed by atoms with Crippen LogP contribution in [0.5, 0.6) is 0 Å². The van der Waals surface area contributed by atoms with E-state index in [2.05, 4.69) is 196 Å². The SMILES string of the molecule is CC1(C)c2ccc(-c3cccc4c3sc3cc5sc6cc7ccccc7cc6c5cc34)cc2-c2ccc(-c3c4ccccc4c(-c4ccccc4)c4ccccc34)cc21. The average Bonchev–Trinajstić information content (AvgIpc) is 3.89. The minimum atomic E-state index is -0.141. The third-order valence-corrected chi connectivity index (χ3v) is 15.5. The first kappa shape index (κ1) is 33.4. The molecule has 0 amide bonds. The van der Waals surface area contributed by atoms with E-state index in [0.717, 1.165) is 0 Å². The van der Waals surface area contributed by atoms with Crippen LogP contribution in [0.1, 0.15) is 25.0 Å². The number of rotatable bonds is 3. The predicted octanol–water partition coefficient (Wildman–Crippen LogP) is 17.2. The zero-order valence-electron chi connectivity index (χ0n) is 32.6. The van der Waals surface area contributed by atoms with Crippen molar-refractivity contribution < 1.29 is 0 Å². The predicted molar refractivity (Wildman–Crippen MR) is 259 cm³/mol. The molecule has 2 heteroatoms. The van der Waals surface area contributed by atoms with Crippen LogP contribution in [0, 0.1) is 0 Å². The van der Waals surface area contributed by atoms with Crippen molar-refractivity contribution in [3.05, 3.63) is 193 Å². The molecule has 0 atom stereocenters. The molecule has 1 aliphatic carbocycles. The van der Waals surface area contributed by atoms with Crippen LogP contribution in [0.3, 0.4) is 0 Å². The van der Waals surface area contributed by atoms with Gasteiger partial charge in [-0.05, 0) is 124 Å². The first-order valence-corrected chi connectivity index (χ1v) is 22.1. The topological polar surface area (TPSA) is 0 Å². The van der Waals surface area contributed by atoms with E-state index in [9.17, 15) is 0 Å². The lowest BCUT2D eigenvalue weighted by Gasteiger charge is -2.23. The van der Waals surface area contributed by atoms with Gasteiger partial charge in [0.2, 0.25) is 0 Å². The van der Waals surface area contributed by atoms with Crippen LogP contribution in [-0.4, -0.2) is 0 Å². The lowest BCUT2D eigenvalue weighted by atomic mass is 9.80. The molecule has 0 unspecified atom stereocenters. The van der Waals surface area contributed by atoms with Gasteiger partial charge in [0.15, 0.2) is 0 Å². The van der Waals surface area contributed by atoms with Crippen LogP contribution < -0.4 is 0 Å². The highest BCUT2D eigenvalue weighted by Gasteiger charge is 2.36. The molecule has 59 heavy (non-hydrogen) atoms. The maximum Gasteiger partial charge on any atom is 0.0433 e. The summed E-state index contributed by atoms with van der Waals surface area (Å²) in [5, 5.41) is 13.2. The van der Waals surface area contributed by atoms with Gasteiger partial charge in [-0.25, -0.2) is 0 Å². The second-order valence-electron chi connectivity index (χ2n) is 16.8. The van der Waals surface area contributed by atoms with Gasteiger partial charge in [0.1, 0.15) is 0 Å². The molecule has 0 aliphatic heterocycles. The van der Waals surface area contributed by atoms with Crippen LogP contribution in [-0.2, 0) is 5.41 Å². The molecule has 0 fully saturated rings. The molecule has 0 spiro atoms. The van der Waals surface area contributed by atoms with Crippen LogP contribution >= 0.6 is 22.7 Å². The summed E-state index contributed by atoms with van der Waals surface area (Å²) in [5.41, 5.74) is 13.1. The van der Waals surface area contributed by atoms with Gasteiger partial charge in [0.25, 0.3) is 0 Å². The maximum atomic E-state index is 2.50. The number of fused-ring (bicyclic) bond motifs is 12. The fourth-order valence-corrected chi connectivity index (χ4v) is 12.9. The summed E-state index contributed by atoms with van der Waals surface area (Å²) in [6.45, 7) is 4.81. The van der Waals surface area contributed by atoms with Crippen molar-refractivity contribution in [2.45, 2.75) is 19.3 Å². The summed E-state index contributed by atoms with van der Waals surface area (Å²) in [4.78, 5) is 0. The highest BCUT2D eigenvalue weighted by molar-refractivity contribution is 7.28. The van der Waals surface area contributed by atoms with E-state index in [1.165, 1.54) is 128 Å². The zero-order chi connectivity index (χ0) is 39.0. The van der Waals surface area contributed by atoms with Gasteiger partial charge < -0.3 is 0 Å². The summed E-state index contributed by atoms with van der Waals surface area (Å²) < 4.78 is 5.44. The highest BCUT2D eigenvalue weighted by atomic mass is 32.1. The van der Waals surface area contributed by atoms with Gasteiger partial charge in [-0.15, -0.1) is 22.7 Å². The molecule has 2 heterocycles. The average molecular weight is 785 g/mol. The van der Waals surface area contributed by atoms with Crippen molar-refractivity contribution >= 4 is 95.3 Å². The minimum Gasteiger partial charge on any atom is -0.135 e. The van der Waals surface area contributed by atoms with E-state index in [1.54, 1.807) is 0 Å². The quantitative estimate of drug-likeness (QED) is 0.157. The molecule has 0 bridgehead atoms. The van der Waals surface area contributed by atoms with Crippen molar-refractivity contribution in [2.24, 2.45) is 0 Å². The number of thiophene rings is 2. The minimum absolute atomic E-state index is 0.141. The van der Waals surface area contributed by atoms with Crippen LogP contribution in [0.25, 0.3) is 117 Å².